The van der Waals surface area contributed by atoms with Gasteiger partial charge in [-0.05, 0) is 56.2 Å². The first-order valence-electron chi connectivity index (χ1n) is 7.66. The number of benzene rings is 1. The van der Waals surface area contributed by atoms with Gasteiger partial charge in [-0.15, -0.1) is 0 Å². The normalized spacial score (nSPS) is 22.6. The summed E-state index contributed by atoms with van der Waals surface area (Å²) in [6.07, 6.45) is 5.97. The molecule has 0 radical (unpaired) electrons. The maximum atomic E-state index is 12.6. The lowest BCUT2D eigenvalue weighted by molar-refractivity contribution is 0.0676. The Bertz CT molecular complexity index is 476. The number of hydrogen-bond acceptors (Lipinski definition) is 2. The Morgan fingerprint density at radius 2 is 1.95 bits per heavy atom. The maximum Gasteiger partial charge on any atom is 0.255 e. The van der Waals surface area contributed by atoms with Crippen molar-refractivity contribution in [3.63, 3.8) is 0 Å². The van der Waals surface area contributed by atoms with Gasteiger partial charge in [0.05, 0.1) is 5.56 Å². The number of nitrogens with zero attached hydrogens (tertiary/aromatic N) is 1. The van der Waals surface area contributed by atoms with Crippen LogP contribution in [0.5, 0.6) is 0 Å². The number of nitrogen functional groups attached to an aromatic ring is 1. The van der Waals surface area contributed by atoms with Gasteiger partial charge < -0.3 is 10.6 Å². The van der Waals surface area contributed by atoms with E-state index in [2.05, 4.69) is 6.92 Å². The van der Waals surface area contributed by atoms with E-state index in [0.29, 0.717) is 17.3 Å². The van der Waals surface area contributed by atoms with Crippen molar-refractivity contribution in [1.82, 2.24) is 4.90 Å². The molecule has 1 amide bonds. The second kappa shape index (κ2) is 6.29. The number of nitrogens with two attached hydrogens (primary N) is 1. The highest BCUT2D eigenvalue weighted by molar-refractivity contribution is 5.99. The highest BCUT2D eigenvalue weighted by atomic mass is 16.2. The number of rotatable bonds is 3. The van der Waals surface area contributed by atoms with E-state index in [1.165, 1.54) is 19.3 Å². The molecule has 0 heterocycles. The quantitative estimate of drug-likeness (QED) is 0.856. The van der Waals surface area contributed by atoms with Crippen molar-refractivity contribution in [2.45, 2.75) is 52.0 Å². The maximum absolute atomic E-state index is 12.6. The molecule has 2 rings (SSSR count). The molecule has 1 aliphatic carbocycles. The Hall–Kier alpha value is -1.51. The van der Waals surface area contributed by atoms with Gasteiger partial charge in [-0.3, -0.25) is 4.79 Å². The van der Waals surface area contributed by atoms with Crippen LogP contribution in [0.1, 0.15) is 54.9 Å². The number of hydrogen-bond donors (Lipinski definition) is 1. The fourth-order valence-electron chi connectivity index (χ4n) is 3.17. The van der Waals surface area contributed by atoms with E-state index in [4.69, 9.17) is 5.73 Å². The van der Waals surface area contributed by atoms with Crippen LogP contribution in [0.4, 0.5) is 5.69 Å². The average molecular weight is 274 g/mol. The van der Waals surface area contributed by atoms with Crippen molar-refractivity contribution in [3.05, 3.63) is 29.3 Å². The molecule has 0 aromatic heterocycles. The molecule has 0 atom stereocenters. The fraction of sp³-hybridized carbons (Fsp3) is 0.588. The number of carbonyl (C=O) groups excluding carboxylic acids is 1. The molecule has 1 aliphatic rings. The first-order chi connectivity index (χ1) is 9.52. The second-order valence-electron chi connectivity index (χ2n) is 6.09. The minimum atomic E-state index is 0.0578. The third-order valence-corrected chi connectivity index (χ3v) is 4.70. The Morgan fingerprint density at radius 1 is 1.30 bits per heavy atom. The van der Waals surface area contributed by atoms with Gasteiger partial charge >= 0.3 is 0 Å². The Morgan fingerprint density at radius 3 is 2.50 bits per heavy atom. The van der Waals surface area contributed by atoms with Crippen LogP contribution in [0, 0.1) is 12.8 Å². The van der Waals surface area contributed by atoms with Crippen molar-refractivity contribution in [2.75, 3.05) is 12.8 Å². The lowest BCUT2D eigenvalue weighted by Gasteiger charge is -2.34. The SMILES string of the molecule is CCC1CCC(N(C)C(=O)c2ccc(C)cc2N)CC1. The van der Waals surface area contributed by atoms with E-state index in [-0.39, 0.29) is 5.91 Å². The molecule has 0 bridgehead atoms. The Labute approximate surface area is 122 Å². The summed E-state index contributed by atoms with van der Waals surface area (Å²) in [5, 5.41) is 0. The summed E-state index contributed by atoms with van der Waals surface area (Å²) >= 11 is 0. The summed E-state index contributed by atoms with van der Waals surface area (Å²) < 4.78 is 0. The molecular weight excluding hydrogens is 248 g/mol. The van der Waals surface area contributed by atoms with Crippen LogP contribution in [-0.4, -0.2) is 23.9 Å². The third kappa shape index (κ3) is 3.14. The van der Waals surface area contributed by atoms with Gasteiger partial charge in [0.15, 0.2) is 0 Å². The molecule has 0 unspecified atom stereocenters. The van der Waals surface area contributed by atoms with Crippen LogP contribution < -0.4 is 5.73 Å². The van der Waals surface area contributed by atoms with Gasteiger partial charge in [0.25, 0.3) is 5.91 Å². The summed E-state index contributed by atoms with van der Waals surface area (Å²) in [6, 6.07) is 6.03. The van der Waals surface area contributed by atoms with Crippen molar-refractivity contribution < 1.29 is 4.79 Å². The van der Waals surface area contributed by atoms with Crippen LogP contribution in [0.2, 0.25) is 0 Å². The van der Waals surface area contributed by atoms with Crippen LogP contribution >= 0.6 is 0 Å². The lowest BCUT2D eigenvalue weighted by atomic mass is 9.84. The summed E-state index contributed by atoms with van der Waals surface area (Å²) in [6.45, 7) is 4.24. The smallest absolute Gasteiger partial charge is 0.255 e. The van der Waals surface area contributed by atoms with E-state index < -0.39 is 0 Å². The molecule has 3 nitrogen and oxygen atoms in total. The van der Waals surface area contributed by atoms with Crippen molar-refractivity contribution >= 4 is 11.6 Å². The number of aryl methyl sites for hydroxylation is 1. The van der Waals surface area contributed by atoms with Crippen LogP contribution in [0.15, 0.2) is 18.2 Å². The summed E-state index contributed by atoms with van der Waals surface area (Å²) in [5.74, 6) is 0.904. The van der Waals surface area contributed by atoms with E-state index in [1.807, 2.05) is 37.1 Å². The molecule has 3 heteroatoms. The molecule has 0 spiro atoms. The molecule has 2 N–H and O–H groups in total. The summed E-state index contributed by atoms with van der Waals surface area (Å²) in [5.41, 5.74) is 8.30. The van der Waals surface area contributed by atoms with E-state index >= 15 is 0 Å². The van der Waals surface area contributed by atoms with Gasteiger partial charge in [0, 0.05) is 18.8 Å². The van der Waals surface area contributed by atoms with Crippen molar-refractivity contribution in [2.24, 2.45) is 5.92 Å². The van der Waals surface area contributed by atoms with Gasteiger partial charge in [0.2, 0.25) is 0 Å². The largest absolute Gasteiger partial charge is 0.398 e. The zero-order chi connectivity index (χ0) is 14.7. The summed E-state index contributed by atoms with van der Waals surface area (Å²) in [4.78, 5) is 14.5. The van der Waals surface area contributed by atoms with Gasteiger partial charge in [-0.1, -0.05) is 19.4 Å². The molecule has 1 aromatic rings. The topological polar surface area (TPSA) is 46.3 Å². The summed E-state index contributed by atoms with van der Waals surface area (Å²) in [7, 11) is 1.92. The van der Waals surface area contributed by atoms with Crippen LogP contribution in [-0.2, 0) is 0 Å². The lowest BCUT2D eigenvalue weighted by Crippen LogP contribution is -2.39. The average Bonchev–Trinajstić information content (AvgIpc) is 2.46. The monoisotopic (exact) mass is 274 g/mol. The predicted octanol–water partition coefficient (Wildman–Crippen LogP) is 3.62. The first kappa shape index (κ1) is 14.9. The first-order valence-corrected chi connectivity index (χ1v) is 7.66. The fourth-order valence-corrected chi connectivity index (χ4v) is 3.17. The van der Waals surface area contributed by atoms with E-state index in [0.717, 1.165) is 24.3 Å². The number of carbonyl (C=O) groups is 1. The van der Waals surface area contributed by atoms with Crippen LogP contribution in [0.3, 0.4) is 0 Å². The molecule has 0 aliphatic heterocycles. The zero-order valence-electron chi connectivity index (χ0n) is 12.9. The van der Waals surface area contributed by atoms with Gasteiger partial charge in [0.1, 0.15) is 0 Å². The van der Waals surface area contributed by atoms with Gasteiger partial charge in [-0.25, -0.2) is 0 Å². The molecule has 0 saturated heterocycles. The van der Waals surface area contributed by atoms with Gasteiger partial charge in [-0.2, -0.15) is 0 Å². The molecule has 1 aromatic carbocycles. The number of anilines is 1. The Kier molecular flexibility index (Phi) is 4.69. The molecular formula is C17H26N2O. The molecule has 1 fully saturated rings. The molecule has 110 valence electrons. The zero-order valence-corrected chi connectivity index (χ0v) is 12.9. The minimum Gasteiger partial charge on any atom is -0.398 e. The van der Waals surface area contributed by atoms with Crippen molar-refractivity contribution in [3.8, 4) is 0 Å². The minimum absolute atomic E-state index is 0.0578. The number of amides is 1. The van der Waals surface area contributed by atoms with E-state index in [1.54, 1.807) is 0 Å². The third-order valence-electron chi connectivity index (χ3n) is 4.70. The van der Waals surface area contributed by atoms with Crippen molar-refractivity contribution in [1.29, 1.82) is 0 Å². The highest BCUT2D eigenvalue weighted by Gasteiger charge is 2.27. The Balaban J connectivity index is 2.05. The standard InChI is InChI=1S/C17H26N2O/c1-4-13-6-8-14(9-7-13)19(3)17(20)15-10-5-12(2)11-16(15)18/h5,10-11,13-14H,4,6-9,18H2,1-3H3. The molecule has 1 saturated carbocycles. The predicted molar refractivity (Wildman–Crippen MR) is 83.7 cm³/mol. The van der Waals surface area contributed by atoms with Crippen LogP contribution in [0.25, 0.3) is 0 Å². The highest BCUT2D eigenvalue weighted by Crippen LogP contribution is 2.30. The van der Waals surface area contributed by atoms with E-state index in [9.17, 15) is 4.79 Å². The second-order valence-corrected chi connectivity index (χ2v) is 6.09. The molecule has 20 heavy (non-hydrogen) atoms.